The number of halogens is 2. The molecule has 0 spiro atoms. The normalized spacial score (nSPS) is 6.00. The van der Waals surface area contributed by atoms with E-state index in [-0.39, 0.29) is 57.0 Å². The van der Waals surface area contributed by atoms with Gasteiger partial charge < -0.3 is 34.0 Å². The van der Waals surface area contributed by atoms with Gasteiger partial charge in [-0.05, 0) is 11.6 Å². The molecule has 0 aromatic heterocycles. The molecule has 0 aliphatic rings. The molecule has 60 valence electrons. The Morgan fingerprint density at radius 2 is 1.58 bits per heavy atom. The molecule has 0 radical (unpaired) electrons. The Labute approximate surface area is 110 Å². The van der Waals surface area contributed by atoms with E-state index in [1.807, 2.05) is 36.4 Å². The van der Waals surface area contributed by atoms with Gasteiger partial charge in [0, 0.05) is 0 Å². The zero-order chi connectivity index (χ0) is 6.53. The average molecular weight is 300 g/mol. The molecular weight excluding hydrogens is 292 g/mol. The van der Waals surface area contributed by atoms with E-state index in [0.29, 0.717) is 0 Å². The molecular formula is C9H8Br2Mg. The van der Waals surface area contributed by atoms with Crippen LogP contribution in [0.15, 0.2) is 42.6 Å². The average Bonchev–Trinajstić information content (AvgIpc) is 1.91. The molecule has 1 aromatic carbocycles. The second-order valence-electron chi connectivity index (χ2n) is 1.76. The fourth-order valence-electron chi connectivity index (χ4n) is 0.667. The van der Waals surface area contributed by atoms with Gasteiger partial charge in [0.05, 0.1) is 0 Å². The van der Waals surface area contributed by atoms with Crippen LogP contribution in [0.5, 0.6) is 0 Å². The zero-order valence-electron chi connectivity index (χ0n) is 6.63. The standard InChI is InChI=1S/C9H8.2BrH.Mg/c1-2-6-9-7-4-3-5-8-9;;;/h3-8H,1H2;2*1H;/q;;;+2/p-2. The van der Waals surface area contributed by atoms with Crippen LogP contribution >= 0.6 is 0 Å². The SMILES string of the molecule is C=C=Cc1ccccc1.[Br-].[Br-].[Mg+2]. The predicted molar refractivity (Wildman–Crippen MR) is 45.8 cm³/mol. The fraction of sp³-hybridized carbons (Fsp3) is 0. The van der Waals surface area contributed by atoms with Crippen LogP contribution in [0.3, 0.4) is 0 Å². The molecule has 0 fully saturated rings. The summed E-state index contributed by atoms with van der Waals surface area (Å²) in [5, 5.41) is 0. The van der Waals surface area contributed by atoms with Crippen LogP contribution in [0.2, 0.25) is 0 Å². The Morgan fingerprint density at radius 1 is 1.08 bits per heavy atom. The molecule has 0 nitrogen and oxygen atoms in total. The van der Waals surface area contributed by atoms with Crippen molar-refractivity contribution >= 4 is 29.1 Å². The Kier molecular flexibility index (Phi) is 17.5. The minimum absolute atomic E-state index is 0. The van der Waals surface area contributed by atoms with Crippen molar-refractivity contribution < 1.29 is 34.0 Å². The van der Waals surface area contributed by atoms with Gasteiger partial charge in [-0.15, -0.1) is 5.73 Å². The van der Waals surface area contributed by atoms with Crippen molar-refractivity contribution in [3.8, 4) is 0 Å². The summed E-state index contributed by atoms with van der Waals surface area (Å²) in [6.07, 6.45) is 1.85. The van der Waals surface area contributed by atoms with Crippen LogP contribution in [0, 0.1) is 0 Å². The molecule has 3 heteroatoms. The fourth-order valence-corrected chi connectivity index (χ4v) is 0.667. The second-order valence-corrected chi connectivity index (χ2v) is 1.76. The molecule has 12 heavy (non-hydrogen) atoms. The summed E-state index contributed by atoms with van der Waals surface area (Å²) in [5.41, 5.74) is 3.85. The monoisotopic (exact) mass is 298 g/mol. The predicted octanol–water partition coefficient (Wildman–Crippen LogP) is -3.89. The third-order valence-electron chi connectivity index (χ3n) is 1.07. The summed E-state index contributed by atoms with van der Waals surface area (Å²) in [5.74, 6) is 0. The van der Waals surface area contributed by atoms with Crippen LogP contribution in [-0.4, -0.2) is 23.1 Å². The van der Waals surface area contributed by atoms with Gasteiger partial charge in [-0.25, -0.2) is 0 Å². The van der Waals surface area contributed by atoms with E-state index in [9.17, 15) is 0 Å². The molecule has 0 saturated heterocycles. The van der Waals surface area contributed by atoms with Gasteiger partial charge in [-0.2, -0.15) is 0 Å². The number of hydrogen-bond donors (Lipinski definition) is 0. The van der Waals surface area contributed by atoms with Crippen LogP contribution in [0.1, 0.15) is 5.56 Å². The zero-order valence-corrected chi connectivity index (χ0v) is 11.2. The first kappa shape index (κ1) is 18.3. The van der Waals surface area contributed by atoms with E-state index in [4.69, 9.17) is 0 Å². The number of rotatable bonds is 1. The van der Waals surface area contributed by atoms with Crippen molar-refractivity contribution in [3.63, 3.8) is 0 Å². The van der Waals surface area contributed by atoms with E-state index < -0.39 is 0 Å². The van der Waals surface area contributed by atoms with Crippen molar-refractivity contribution in [2.24, 2.45) is 0 Å². The van der Waals surface area contributed by atoms with Gasteiger partial charge in [0.25, 0.3) is 0 Å². The Morgan fingerprint density at radius 3 is 2.00 bits per heavy atom. The third-order valence-corrected chi connectivity index (χ3v) is 1.07. The van der Waals surface area contributed by atoms with Crippen molar-refractivity contribution in [2.75, 3.05) is 0 Å². The minimum atomic E-state index is 0. The summed E-state index contributed by atoms with van der Waals surface area (Å²) in [6, 6.07) is 9.99. The van der Waals surface area contributed by atoms with Gasteiger partial charge in [0.1, 0.15) is 0 Å². The Hall–Kier alpha value is 0.466. The topological polar surface area (TPSA) is 0 Å². The molecule has 0 atom stereocenters. The van der Waals surface area contributed by atoms with Crippen LogP contribution in [0.4, 0.5) is 0 Å². The Bertz CT molecular complexity index is 228. The van der Waals surface area contributed by atoms with E-state index in [1.165, 1.54) is 0 Å². The summed E-state index contributed by atoms with van der Waals surface area (Å²) in [7, 11) is 0. The van der Waals surface area contributed by atoms with E-state index >= 15 is 0 Å². The van der Waals surface area contributed by atoms with E-state index in [2.05, 4.69) is 12.3 Å². The van der Waals surface area contributed by atoms with Crippen molar-refractivity contribution in [2.45, 2.75) is 0 Å². The minimum Gasteiger partial charge on any atom is -1.00 e. The van der Waals surface area contributed by atoms with Crippen LogP contribution in [-0.2, 0) is 0 Å². The third kappa shape index (κ3) is 7.13. The van der Waals surface area contributed by atoms with Crippen LogP contribution < -0.4 is 34.0 Å². The summed E-state index contributed by atoms with van der Waals surface area (Å²) >= 11 is 0. The molecule has 0 heterocycles. The van der Waals surface area contributed by atoms with Gasteiger partial charge >= 0.3 is 23.1 Å². The van der Waals surface area contributed by atoms with Crippen molar-refractivity contribution in [1.82, 2.24) is 0 Å². The molecule has 0 bridgehead atoms. The summed E-state index contributed by atoms with van der Waals surface area (Å²) < 4.78 is 0. The van der Waals surface area contributed by atoms with Gasteiger partial charge in [0.15, 0.2) is 0 Å². The molecule has 0 unspecified atom stereocenters. The van der Waals surface area contributed by atoms with Gasteiger partial charge in [-0.1, -0.05) is 36.9 Å². The first-order valence-corrected chi connectivity index (χ1v) is 2.84. The molecule has 0 aliphatic carbocycles. The molecule has 0 amide bonds. The molecule has 1 aromatic rings. The largest absolute Gasteiger partial charge is 2.00 e. The van der Waals surface area contributed by atoms with E-state index in [1.54, 1.807) is 0 Å². The van der Waals surface area contributed by atoms with Crippen molar-refractivity contribution in [1.29, 1.82) is 0 Å². The van der Waals surface area contributed by atoms with E-state index in [0.717, 1.165) is 5.56 Å². The second kappa shape index (κ2) is 11.5. The Balaban J connectivity index is -0.000000270. The molecule has 0 aliphatic heterocycles. The molecule has 0 saturated carbocycles. The first-order chi connectivity index (χ1) is 4.43. The molecule has 0 N–H and O–H groups in total. The number of benzene rings is 1. The maximum Gasteiger partial charge on any atom is 2.00 e. The first-order valence-electron chi connectivity index (χ1n) is 2.84. The summed E-state index contributed by atoms with van der Waals surface area (Å²) in [4.78, 5) is 0. The van der Waals surface area contributed by atoms with Gasteiger partial charge in [0.2, 0.25) is 0 Å². The van der Waals surface area contributed by atoms with Gasteiger partial charge in [-0.3, -0.25) is 0 Å². The quantitative estimate of drug-likeness (QED) is 0.368. The maximum atomic E-state index is 3.48. The molecule has 1 rings (SSSR count). The number of hydrogen-bond acceptors (Lipinski definition) is 0. The summed E-state index contributed by atoms with van der Waals surface area (Å²) in [6.45, 7) is 3.48. The maximum absolute atomic E-state index is 3.48. The smallest absolute Gasteiger partial charge is 1.00 e. The van der Waals surface area contributed by atoms with Crippen LogP contribution in [0.25, 0.3) is 6.08 Å². The van der Waals surface area contributed by atoms with Crippen molar-refractivity contribution in [3.05, 3.63) is 48.2 Å².